The molecule has 2 atom stereocenters. The molecule has 2 aromatic rings. The molecule has 0 aliphatic heterocycles. The summed E-state index contributed by atoms with van der Waals surface area (Å²) in [6, 6.07) is 10.6. The number of hydrogen-bond acceptors (Lipinski definition) is 3. The molecule has 1 aliphatic rings. The lowest BCUT2D eigenvalue weighted by molar-refractivity contribution is 0.445. The molecule has 0 bridgehead atoms. The first-order chi connectivity index (χ1) is 9.70. The Bertz CT molecular complexity index is 627. The molecule has 1 heterocycles. The molecule has 3 rings (SSSR count). The maximum atomic E-state index is 5.86. The fraction of sp³-hybridized carbons (Fsp3) is 0.312. The lowest BCUT2D eigenvalue weighted by Crippen LogP contribution is -2.32. The van der Waals surface area contributed by atoms with E-state index in [1.165, 1.54) is 22.4 Å². The minimum atomic E-state index is 0.110. The number of halogens is 1. The molecule has 3 N–H and O–H groups in total. The van der Waals surface area contributed by atoms with Crippen molar-refractivity contribution in [3.05, 3.63) is 63.4 Å². The summed E-state index contributed by atoms with van der Waals surface area (Å²) in [5.41, 5.74) is 8.04. The van der Waals surface area contributed by atoms with Crippen molar-refractivity contribution in [2.45, 2.75) is 31.7 Å². The van der Waals surface area contributed by atoms with Gasteiger partial charge in [-0.3, -0.25) is 16.3 Å². The van der Waals surface area contributed by atoms with Crippen LogP contribution < -0.4 is 11.3 Å². The van der Waals surface area contributed by atoms with Crippen LogP contribution in [0.5, 0.6) is 0 Å². The third kappa shape index (κ3) is 2.39. The van der Waals surface area contributed by atoms with Crippen molar-refractivity contribution in [1.29, 1.82) is 0 Å². The van der Waals surface area contributed by atoms with Gasteiger partial charge in [-0.05, 0) is 54.7 Å². The topological polar surface area (TPSA) is 50.9 Å². The molecule has 0 fully saturated rings. The normalized spacial score (nSPS) is 18.9. The second-order valence-corrected chi connectivity index (χ2v) is 6.25. The van der Waals surface area contributed by atoms with E-state index in [1.54, 1.807) is 0 Å². The monoisotopic (exact) mass is 331 g/mol. The predicted octanol–water partition coefficient (Wildman–Crippen LogP) is 3.39. The Kier molecular flexibility index (Phi) is 3.87. The Hall–Kier alpha value is -1.23. The summed E-state index contributed by atoms with van der Waals surface area (Å²) in [6.45, 7) is 2.12. The minimum absolute atomic E-state index is 0.110. The van der Waals surface area contributed by atoms with E-state index in [9.17, 15) is 0 Å². The van der Waals surface area contributed by atoms with E-state index in [4.69, 9.17) is 5.84 Å². The number of hydrazine groups is 1. The second kappa shape index (κ2) is 5.64. The first kappa shape index (κ1) is 13.7. The van der Waals surface area contributed by atoms with Crippen molar-refractivity contribution < 1.29 is 0 Å². The number of benzene rings is 1. The largest absolute Gasteiger partial charge is 0.271 e. The van der Waals surface area contributed by atoms with Crippen LogP contribution in [0.15, 0.2) is 41.0 Å². The summed E-state index contributed by atoms with van der Waals surface area (Å²) in [4.78, 5) is 4.58. The van der Waals surface area contributed by atoms with Gasteiger partial charge in [-0.15, -0.1) is 0 Å². The third-order valence-electron chi connectivity index (χ3n) is 4.15. The van der Waals surface area contributed by atoms with Gasteiger partial charge in [0.2, 0.25) is 0 Å². The van der Waals surface area contributed by atoms with Gasteiger partial charge in [0.25, 0.3) is 0 Å². The molecule has 20 heavy (non-hydrogen) atoms. The van der Waals surface area contributed by atoms with E-state index in [2.05, 4.69) is 57.5 Å². The van der Waals surface area contributed by atoms with Gasteiger partial charge < -0.3 is 0 Å². The highest BCUT2D eigenvalue weighted by Gasteiger charge is 2.31. The Balaban J connectivity index is 1.99. The summed E-state index contributed by atoms with van der Waals surface area (Å²) >= 11 is 3.51. The van der Waals surface area contributed by atoms with Crippen LogP contribution in [0.25, 0.3) is 0 Å². The van der Waals surface area contributed by atoms with Gasteiger partial charge in [-0.25, -0.2) is 0 Å². The maximum Gasteiger partial charge on any atom is 0.0546 e. The molecule has 0 saturated carbocycles. The Morgan fingerprint density at radius 2 is 2.25 bits per heavy atom. The molecule has 0 radical (unpaired) electrons. The van der Waals surface area contributed by atoms with Gasteiger partial charge in [0.15, 0.2) is 0 Å². The minimum Gasteiger partial charge on any atom is -0.271 e. The molecule has 104 valence electrons. The SMILES string of the molecule is Cc1cc(Br)ccc1C(NN)C1CCc2cccnc21. The van der Waals surface area contributed by atoms with Gasteiger partial charge in [-0.2, -0.15) is 0 Å². The molecule has 4 heteroatoms. The zero-order valence-corrected chi connectivity index (χ0v) is 13.0. The average Bonchev–Trinajstić information content (AvgIpc) is 2.86. The van der Waals surface area contributed by atoms with Gasteiger partial charge >= 0.3 is 0 Å². The lowest BCUT2D eigenvalue weighted by Gasteiger charge is -2.25. The summed E-state index contributed by atoms with van der Waals surface area (Å²) in [6.07, 6.45) is 4.05. The van der Waals surface area contributed by atoms with E-state index in [0.717, 1.165) is 17.3 Å². The van der Waals surface area contributed by atoms with Crippen molar-refractivity contribution in [1.82, 2.24) is 10.4 Å². The maximum absolute atomic E-state index is 5.86. The molecule has 3 nitrogen and oxygen atoms in total. The van der Waals surface area contributed by atoms with Crippen LogP contribution in [0.3, 0.4) is 0 Å². The first-order valence-electron chi connectivity index (χ1n) is 6.86. The zero-order valence-electron chi connectivity index (χ0n) is 11.4. The van der Waals surface area contributed by atoms with E-state index in [-0.39, 0.29) is 6.04 Å². The van der Waals surface area contributed by atoms with E-state index < -0.39 is 0 Å². The molecule has 1 aromatic heterocycles. The molecule has 0 spiro atoms. The fourth-order valence-electron chi connectivity index (χ4n) is 3.18. The average molecular weight is 332 g/mol. The number of nitrogens with one attached hydrogen (secondary N) is 1. The number of nitrogens with two attached hydrogens (primary N) is 1. The molecule has 0 amide bonds. The van der Waals surface area contributed by atoms with E-state index >= 15 is 0 Å². The molecular formula is C16H18BrN3. The molecule has 2 unspecified atom stereocenters. The number of aromatic nitrogens is 1. The first-order valence-corrected chi connectivity index (χ1v) is 7.66. The van der Waals surface area contributed by atoms with Crippen molar-refractivity contribution in [3.8, 4) is 0 Å². The molecule has 1 aliphatic carbocycles. The van der Waals surface area contributed by atoms with Gasteiger partial charge in [0.05, 0.1) is 6.04 Å². The van der Waals surface area contributed by atoms with Crippen molar-refractivity contribution in [2.24, 2.45) is 5.84 Å². The molecule has 0 saturated heterocycles. The highest BCUT2D eigenvalue weighted by atomic mass is 79.9. The van der Waals surface area contributed by atoms with Crippen LogP contribution in [-0.4, -0.2) is 4.98 Å². The summed E-state index contributed by atoms with van der Waals surface area (Å²) in [7, 11) is 0. The van der Waals surface area contributed by atoms with Crippen molar-refractivity contribution in [3.63, 3.8) is 0 Å². The van der Waals surface area contributed by atoms with Crippen LogP contribution in [0, 0.1) is 6.92 Å². The summed E-state index contributed by atoms with van der Waals surface area (Å²) in [5, 5.41) is 0. The van der Waals surface area contributed by atoms with Gasteiger partial charge in [0, 0.05) is 22.3 Å². The van der Waals surface area contributed by atoms with E-state index in [0.29, 0.717) is 5.92 Å². The highest BCUT2D eigenvalue weighted by Crippen LogP contribution is 2.41. The fourth-order valence-corrected chi connectivity index (χ4v) is 3.65. The zero-order chi connectivity index (χ0) is 14.1. The number of aryl methyl sites for hydroxylation is 2. The quantitative estimate of drug-likeness (QED) is 0.669. The predicted molar refractivity (Wildman–Crippen MR) is 84.2 cm³/mol. The number of nitrogens with zero attached hydrogens (tertiary/aromatic N) is 1. The summed E-state index contributed by atoms with van der Waals surface area (Å²) < 4.78 is 1.10. The Labute approximate surface area is 127 Å². The van der Waals surface area contributed by atoms with Crippen LogP contribution in [0.1, 0.15) is 40.8 Å². The van der Waals surface area contributed by atoms with E-state index in [1.807, 2.05) is 12.3 Å². The van der Waals surface area contributed by atoms with Gasteiger partial charge in [0.1, 0.15) is 0 Å². The second-order valence-electron chi connectivity index (χ2n) is 5.34. The lowest BCUT2D eigenvalue weighted by atomic mass is 9.89. The smallest absolute Gasteiger partial charge is 0.0546 e. The third-order valence-corrected chi connectivity index (χ3v) is 4.64. The van der Waals surface area contributed by atoms with Crippen molar-refractivity contribution >= 4 is 15.9 Å². The molecule has 1 aromatic carbocycles. The summed E-state index contributed by atoms with van der Waals surface area (Å²) in [5.74, 6) is 6.20. The Morgan fingerprint density at radius 3 is 3.00 bits per heavy atom. The van der Waals surface area contributed by atoms with Crippen LogP contribution in [0.2, 0.25) is 0 Å². The van der Waals surface area contributed by atoms with Crippen molar-refractivity contribution in [2.75, 3.05) is 0 Å². The number of pyridine rings is 1. The van der Waals surface area contributed by atoms with Crippen LogP contribution in [-0.2, 0) is 6.42 Å². The molecular weight excluding hydrogens is 314 g/mol. The van der Waals surface area contributed by atoms with Crippen LogP contribution in [0.4, 0.5) is 0 Å². The standard InChI is InChI=1S/C16H18BrN3/c1-10-9-12(17)5-7-13(10)16(20-18)14-6-4-11-3-2-8-19-15(11)14/h2-3,5,7-9,14,16,20H,4,6,18H2,1H3. The number of hydrogen-bond donors (Lipinski definition) is 2. The highest BCUT2D eigenvalue weighted by molar-refractivity contribution is 9.10. The van der Waals surface area contributed by atoms with Crippen LogP contribution >= 0.6 is 15.9 Å². The van der Waals surface area contributed by atoms with Gasteiger partial charge in [-0.1, -0.05) is 28.1 Å². The number of rotatable bonds is 3. The Morgan fingerprint density at radius 1 is 1.40 bits per heavy atom. The number of fused-ring (bicyclic) bond motifs is 1.